The average Bonchev–Trinajstić information content (AvgIpc) is 2.49. The Bertz CT molecular complexity index is 756. The van der Waals surface area contributed by atoms with Crippen LogP contribution in [0.4, 0.5) is 16.2 Å². The van der Waals surface area contributed by atoms with Gasteiger partial charge in [-0.1, -0.05) is 29.8 Å². The Morgan fingerprint density at radius 2 is 1.75 bits per heavy atom. The maximum absolute atomic E-state index is 12.2. The molecule has 0 fully saturated rings. The summed E-state index contributed by atoms with van der Waals surface area (Å²) in [6, 6.07) is 12.8. The van der Waals surface area contributed by atoms with Gasteiger partial charge in [-0.3, -0.25) is 4.79 Å². The quantitative estimate of drug-likeness (QED) is 0.790. The minimum absolute atomic E-state index is 0.125. The molecule has 5 nitrogen and oxygen atoms in total. The van der Waals surface area contributed by atoms with Gasteiger partial charge in [-0.2, -0.15) is 0 Å². The molecule has 0 aliphatic carbocycles. The molecule has 0 spiro atoms. The number of hydrogen-bond donors (Lipinski definition) is 3. The van der Waals surface area contributed by atoms with Gasteiger partial charge in [0.15, 0.2) is 0 Å². The topological polar surface area (TPSA) is 70.2 Å². The Labute approximate surface area is 142 Å². The van der Waals surface area contributed by atoms with Crippen LogP contribution in [0.2, 0.25) is 0 Å². The van der Waals surface area contributed by atoms with E-state index in [0.717, 1.165) is 22.4 Å². The second-order valence-electron chi connectivity index (χ2n) is 5.95. The predicted octanol–water partition coefficient (Wildman–Crippen LogP) is 4.14. The Hall–Kier alpha value is -2.82. The molecule has 1 atom stereocenters. The third-order valence-corrected chi connectivity index (χ3v) is 3.68. The van der Waals surface area contributed by atoms with Gasteiger partial charge in [-0.05, 0) is 50.1 Å². The Morgan fingerprint density at radius 1 is 1.00 bits per heavy atom. The molecule has 0 aliphatic heterocycles. The molecule has 0 aliphatic rings. The molecular formula is C19H23N3O2. The Kier molecular flexibility index (Phi) is 5.58. The molecule has 5 heteroatoms. The Morgan fingerprint density at radius 3 is 2.42 bits per heavy atom. The normalized spacial score (nSPS) is 11.5. The van der Waals surface area contributed by atoms with Crippen LogP contribution in [0.3, 0.4) is 0 Å². The number of hydrogen-bond acceptors (Lipinski definition) is 2. The molecule has 0 heterocycles. The molecule has 126 valence electrons. The minimum atomic E-state index is -0.264. The van der Waals surface area contributed by atoms with Crippen molar-refractivity contribution >= 4 is 23.3 Å². The minimum Gasteiger partial charge on any atom is -0.331 e. The van der Waals surface area contributed by atoms with Crippen LogP contribution in [-0.2, 0) is 4.79 Å². The second kappa shape index (κ2) is 7.64. The van der Waals surface area contributed by atoms with Crippen LogP contribution in [0.1, 0.15) is 36.6 Å². The van der Waals surface area contributed by atoms with Crippen LogP contribution >= 0.6 is 0 Å². The number of amides is 3. The first-order valence-corrected chi connectivity index (χ1v) is 7.87. The first-order valence-electron chi connectivity index (χ1n) is 7.87. The third-order valence-electron chi connectivity index (χ3n) is 3.68. The SMILES string of the molecule is CC(=O)Nc1cccc([C@H](C)NC(=O)Nc2ccc(C)cc2C)c1. The van der Waals surface area contributed by atoms with Gasteiger partial charge in [-0.15, -0.1) is 0 Å². The smallest absolute Gasteiger partial charge is 0.319 e. The van der Waals surface area contributed by atoms with Gasteiger partial charge in [0.1, 0.15) is 0 Å². The number of aryl methyl sites for hydroxylation is 2. The molecule has 2 rings (SSSR count). The highest BCUT2D eigenvalue weighted by atomic mass is 16.2. The monoisotopic (exact) mass is 325 g/mol. The molecular weight excluding hydrogens is 302 g/mol. The molecule has 0 saturated heterocycles. The summed E-state index contributed by atoms with van der Waals surface area (Å²) in [7, 11) is 0. The maximum atomic E-state index is 12.2. The van der Waals surface area contributed by atoms with E-state index in [1.807, 2.05) is 63.2 Å². The molecule has 0 unspecified atom stereocenters. The van der Waals surface area contributed by atoms with E-state index in [0.29, 0.717) is 5.69 Å². The zero-order chi connectivity index (χ0) is 17.7. The fourth-order valence-electron chi connectivity index (χ4n) is 2.48. The first kappa shape index (κ1) is 17.5. The summed E-state index contributed by atoms with van der Waals surface area (Å²) >= 11 is 0. The van der Waals surface area contributed by atoms with E-state index >= 15 is 0 Å². The van der Waals surface area contributed by atoms with Gasteiger partial charge in [0, 0.05) is 18.3 Å². The van der Waals surface area contributed by atoms with Crippen molar-refractivity contribution in [3.63, 3.8) is 0 Å². The van der Waals surface area contributed by atoms with Gasteiger partial charge < -0.3 is 16.0 Å². The molecule has 2 aromatic rings. The molecule has 2 aromatic carbocycles. The average molecular weight is 325 g/mol. The summed E-state index contributed by atoms with van der Waals surface area (Å²) in [5.74, 6) is -0.125. The number of nitrogens with one attached hydrogen (secondary N) is 3. The van der Waals surface area contributed by atoms with E-state index in [1.54, 1.807) is 0 Å². The third kappa shape index (κ3) is 4.84. The second-order valence-corrected chi connectivity index (χ2v) is 5.95. The zero-order valence-electron chi connectivity index (χ0n) is 14.4. The largest absolute Gasteiger partial charge is 0.331 e. The van der Waals surface area contributed by atoms with Crippen molar-refractivity contribution in [3.8, 4) is 0 Å². The van der Waals surface area contributed by atoms with E-state index in [4.69, 9.17) is 0 Å². The highest BCUT2D eigenvalue weighted by Crippen LogP contribution is 2.19. The van der Waals surface area contributed by atoms with E-state index in [9.17, 15) is 9.59 Å². The molecule has 0 radical (unpaired) electrons. The molecule has 0 bridgehead atoms. The van der Waals surface area contributed by atoms with Crippen LogP contribution in [0.15, 0.2) is 42.5 Å². The van der Waals surface area contributed by atoms with Crippen molar-refractivity contribution in [2.24, 2.45) is 0 Å². The van der Waals surface area contributed by atoms with Gasteiger partial charge in [0.2, 0.25) is 5.91 Å². The summed E-state index contributed by atoms with van der Waals surface area (Å²) < 4.78 is 0. The fourth-order valence-corrected chi connectivity index (χ4v) is 2.48. The number of rotatable bonds is 4. The number of anilines is 2. The van der Waals surface area contributed by atoms with Crippen molar-refractivity contribution in [2.45, 2.75) is 33.7 Å². The Balaban J connectivity index is 2.02. The summed E-state index contributed by atoms with van der Waals surface area (Å²) in [6.45, 7) is 7.34. The van der Waals surface area contributed by atoms with Crippen molar-refractivity contribution in [2.75, 3.05) is 10.6 Å². The zero-order valence-corrected chi connectivity index (χ0v) is 14.4. The standard InChI is InChI=1S/C19H23N3O2/c1-12-8-9-18(13(2)10-12)22-19(24)20-14(3)16-6-5-7-17(11-16)21-15(4)23/h5-11,14H,1-4H3,(H,21,23)(H2,20,22,24)/t14-/m0/s1. The molecule has 24 heavy (non-hydrogen) atoms. The van der Waals surface area contributed by atoms with Crippen molar-refractivity contribution < 1.29 is 9.59 Å². The molecule has 0 saturated carbocycles. The van der Waals surface area contributed by atoms with Crippen molar-refractivity contribution in [1.82, 2.24) is 5.32 Å². The first-order chi connectivity index (χ1) is 11.3. The van der Waals surface area contributed by atoms with Crippen molar-refractivity contribution in [1.29, 1.82) is 0 Å². The highest BCUT2D eigenvalue weighted by Gasteiger charge is 2.11. The van der Waals surface area contributed by atoms with Crippen LogP contribution < -0.4 is 16.0 Å². The van der Waals surface area contributed by atoms with E-state index in [2.05, 4.69) is 16.0 Å². The van der Waals surface area contributed by atoms with Crippen LogP contribution in [0.25, 0.3) is 0 Å². The molecule has 3 N–H and O–H groups in total. The predicted molar refractivity (Wildman–Crippen MR) is 97.2 cm³/mol. The van der Waals surface area contributed by atoms with E-state index in [-0.39, 0.29) is 18.0 Å². The number of carbonyl (C=O) groups excluding carboxylic acids is 2. The van der Waals surface area contributed by atoms with Gasteiger partial charge in [0.25, 0.3) is 0 Å². The van der Waals surface area contributed by atoms with Crippen LogP contribution in [-0.4, -0.2) is 11.9 Å². The number of urea groups is 1. The van der Waals surface area contributed by atoms with Crippen LogP contribution in [0, 0.1) is 13.8 Å². The number of benzene rings is 2. The summed E-state index contributed by atoms with van der Waals surface area (Å²) in [4.78, 5) is 23.3. The van der Waals surface area contributed by atoms with Gasteiger partial charge in [-0.25, -0.2) is 4.79 Å². The van der Waals surface area contributed by atoms with Gasteiger partial charge >= 0.3 is 6.03 Å². The van der Waals surface area contributed by atoms with E-state index in [1.165, 1.54) is 6.92 Å². The maximum Gasteiger partial charge on any atom is 0.319 e. The molecule has 0 aromatic heterocycles. The molecule has 3 amide bonds. The van der Waals surface area contributed by atoms with E-state index < -0.39 is 0 Å². The lowest BCUT2D eigenvalue weighted by molar-refractivity contribution is -0.114. The summed E-state index contributed by atoms with van der Waals surface area (Å²) in [6.07, 6.45) is 0. The lowest BCUT2D eigenvalue weighted by Gasteiger charge is -2.17. The fraction of sp³-hybridized carbons (Fsp3) is 0.263. The summed E-state index contributed by atoms with van der Waals surface area (Å²) in [5.41, 5.74) is 4.59. The lowest BCUT2D eigenvalue weighted by atomic mass is 10.1. The van der Waals surface area contributed by atoms with Crippen LogP contribution in [0.5, 0.6) is 0 Å². The number of carbonyl (C=O) groups is 2. The summed E-state index contributed by atoms with van der Waals surface area (Å²) in [5, 5.41) is 8.51. The lowest BCUT2D eigenvalue weighted by Crippen LogP contribution is -2.31. The van der Waals surface area contributed by atoms with Gasteiger partial charge in [0.05, 0.1) is 6.04 Å². The van der Waals surface area contributed by atoms with Crippen molar-refractivity contribution in [3.05, 3.63) is 59.2 Å². The highest BCUT2D eigenvalue weighted by molar-refractivity contribution is 5.90.